The Labute approximate surface area is 147 Å². The van der Waals surface area contributed by atoms with Crippen LogP contribution in [0.5, 0.6) is 0 Å². The molecule has 1 aliphatic heterocycles. The molecular formula is C18H26N2OS2. The van der Waals surface area contributed by atoms with Gasteiger partial charge in [-0.2, -0.15) is 0 Å². The number of aryl methyl sites for hydroxylation is 1. The summed E-state index contributed by atoms with van der Waals surface area (Å²) in [6.07, 6.45) is 1.23. The molecule has 1 saturated heterocycles. The molecule has 3 rings (SSSR count). The minimum Gasteiger partial charge on any atom is -0.379 e. The molecule has 0 saturated carbocycles. The molecule has 0 radical (unpaired) electrons. The van der Waals surface area contributed by atoms with Crippen LogP contribution in [0, 0.1) is 6.92 Å². The van der Waals surface area contributed by atoms with E-state index in [4.69, 9.17) is 4.74 Å². The molecule has 2 aromatic heterocycles. The van der Waals surface area contributed by atoms with Crippen molar-refractivity contribution in [3.05, 3.63) is 44.3 Å². The van der Waals surface area contributed by atoms with Crippen LogP contribution in [0.15, 0.2) is 29.0 Å². The molecular weight excluding hydrogens is 324 g/mol. The fourth-order valence-electron chi connectivity index (χ4n) is 2.95. The molecule has 0 aromatic carbocycles. The van der Waals surface area contributed by atoms with Crippen LogP contribution in [-0.4, -0.2) is 49.2 Å². The van der Waals surface area contributed by atoms with Gasteiger partial charge >= 0.3 is 0 Å². The van der Waals surface area contributed by atoms with Gasteiger partial charge < -0.3 is 4.74 Å². The van der Waals surface area contributed by atoms with E-state index in [1.165, 1.54) is 28.3 Å². The number of morpholine rings is 1. The van der Waals surface area contributed by atoms with Crippen LogP contribution in [0.25, 0.3) is 0 Å². The third kappa shape index (κ3) is 5.40. The molecule has 2 aromatic rings. The normalized spacial score (nSPS) is 16.3. The second-order valence-electron chi connectivity index (χ2n) is 6.12. The van der Waals surface area contributed by atoms with E-state index in [1.54, 1.807) is 0 Å². The highest BCUT2D eigenvalue weighted by Crippen LogP contribution is 2.20. The molecule has 5 heteroatoms. The molecule has 0 N–H and O–H groups in total. The van der Waals surface area contributed by atoms with Crippen molar-refractivity contribution in [2.75, 3.05) is 39.4 Å². The summed E-state index contributed by atoms with van der Waals surface area (Å²) >= 11 is 3.75. The average molecular weight is 351 g/mol. The zero-order chi connectivity index (χ0) is 15.9. The van der Waals surface area contributed by atoms with Gasteiger partial charge in [0.15, 0.2) is 0 Å². The Morgan fingerprint density at radius 2 is 2.00 bits per heavy atom. The molecule has 3 heterocycles. The SMILES string of the molecule is Cc1ccsc1CN(CCCN1CCOCC1)Cc1cccs1. The highest BCUT2D eigenvalue weighted by atomic mass is 32.1. The highest BCUT2D eigenvalue weighted by Gasteiger charge is 2.13. The van der Waals surface area contributed by atoms with Crippen LogP contribution in [0.3, 0.4) is 0 Å². The third-order valence-electron chi connectivity index (χ3n) is 4.35. The van der Waals surface area contributed by atoms with Gasteiger partial charge in [-0.3, -0.25) is 9.80 Å². The third-order valence-corrected chi connectivity index (χ3v) is 6.22. The fraction of sp³-hybridized carbons (Fsp3) is 0.556. The van der Waals surface area contributed by atoms with Gasteiger partial charge in [0.2, 0.25) is 0 Å². The van der Waals surface area contributed by atoms with Gasteiger partial charge in [0.25, 0.3) is 0 Å². The van der Waals surface area contributed by atoms with Crippen molar-refractivity contribution < 1.29 is 4.74 Å². The Morgan fingerprint density at radius 1 is 1.13 bits per heavy atom. The van der Waals surface area contributed by atoms with Crippen molar-refractivity contribution in [2.45, 2.75) is 26.4 Å². The number of thiophene rings is 2. The van der Waals surface area contributed by atoms with Gasteiger partial charge in [0.1, 0.15) is 0 Å². The first-order valence-corrected chi connectivity index (χ1v) is 10.1. The molecule has 0 atom stereocenters. The van der Waals surface area contributed by atoms with Gasteiger partial charge in [-0.05, 0) is 48.3 Å². The van der Waals surface area contributed by atoms with Crippen molar-refractivity contribution in [3.63, 3.8) is 0 Å². The summed E-state index contributed by atoms with van der Waals surface area (Å²) in [5, 5.41) is 4.39. The molecule has 0 bridgehead atoms. The first-order chi connectivity index (χ1) is 11.3. The lowest BCUT2D eigenvalue weighted by atomic mass is 10.2. The Hall–Kier alpha value is -0.720. The minimum atomic E-state index is 0.896. The Kier molecular flexibility index (Phi) is 6.66. The second kappa shape index (κ2) is 8.94. The summed E-state index contributed by atoms with van der Waals surface area (Å²) in [5.41, 5.74) is 1.43. The van der Waals surface area contributed by atoms with Gasteiger partial charge in [-0.25, -0.2) is 0 Å². The van der Waals surface area contributed by atoms with Gasteiger partial charge in [-0.15, -0.1) is 22.7 Å². The smallest absolute Gasteiger partial charge is 0.0594 e. The van der Waals surface area contributed by atoms with E-state index in [0.717, 1.165) is 45.9 Å². The maximum absolute atomic E-state index is 5.43. The molecule has 0 aliphatic carbocycles. The lowest BCUT2D eigenvalue weighted by Crippen LogP contribution is -2.38. The predicted molar refractivity (Wildman–Crippen MR) is 99.4 cm³/mol. The van der Waals surface area contributed by atoms with Crippen LogP contribution in [-0.2, 0) is 17.8 Å². The number of hydrogen-bond donors (Lipinski definition) is 0. The molecule has 23 heavy (non-hydrogen) atoms. The molecule has 3 nitrogen and oxygen atoms in total. The van der Waals surface area contributed by atoms with Crippen molar-refractivity contribution in [3.8, 4) is 0 Å². The number of nitrogens with zero attached hydrogens (tertiary/aromatic N) is 2. The van der Waals surface area contributed by atoms with Crippen LogP contribution >= 0.6 is 22.7 Å². The quantitative estimate of drug-likeness (QED) is 0.719. The summed E-state index contributed by atoms with van der Waals surface area (Å²) in [6, 6.07) is 6.64. The van der Waals surface area contributed by atoms with Crippen LogP contribution in [0.2, 0.25) is 0 Å². The lowest BCUT2D eigenvalue weighted by Gasteiger charge is -2.28. The van der Waals surface area contributed by atoms with E-state index in [0.29, 0.717) is 0 Å². The van der Waals surface area contributed by atoms with Crippen LogP contribution in [0.4, 0.5) is 0 Å². The monoisotopic (exact) mass is 350 g/mol. The lowest BCUT2D eigenvalue weighted by molar-refractivity contribution is 0.0359. The summed E-state index contributed by atoms with van der Waals surface area (Å²) in [7, 11) is 0. The van der Waals surface area contributed by atoms with E-state index in [1.807, 2.05) is 22.7 Å². The first-order valence-electron chi connectivity index (χ1n) is 8.39. The van der Waals surface area contributed by atoms with E-state index in [9.17, 15) is 0 Å². The zero-order valence-electron chi connectivity index (χ0n) is 13.9. The Balaban J connectivity index is 1.52. The molecule has 0 spiro atoms. The second-order valence-corrected chi connectivity index (χ2v) is 8.16. The maximum Gasteiger partial charge on any atom is 0.0594 e. The predicted octanol–water partition coefficient (Wildman–Crippen LogP) is 3.84. The van der Waals surface area contributed by atoms with Crippen molar-refractivity contribution in [1.82, 2.24) is 9.80 Å². The van der Waals surface area contributed by atoms with Crippen molar-refractivity contribution in [2.24, 2.45) is 0 Å². The zero-order valence-corrected chi connectivity index (χ0v) is 15.5. The number of hydrogen-bond acceptors (Lipinski definition) is 5. The van der Waals surface area contributed by atoms with E-state index >= 15 is 0 Å². The molecule has 1 fully saturated rings. The molecule has 126 valence electrons. The van der Waals surface area contributed by atoms with E-state index in [2.05, 4.69) is 45.7 Å². The summed E-state index contributed by atoms with van der Waals surface area (Å²) < 4.78 is 5.43. The Bertz CT molecular complexity index is 561. The standard InChI is InChI=1S/C18H26N2OS2/c1-16-5-13-23-18(16)15-20(14-17-4-2-12-22-17)7-3-6-19-8-10-21-11-9-19/h2,4-5,12-13H,3,6-11,14-15H2,1H3. The van der Waals surface area contributed by atoms with Crippen molar-refractivity contribution >= 4 is 22.7 Å². The van der Waals surface area contributed by atoms with Gasteiger partial charge in [0.05, 0.1) is 13.2 Å². The number of ether oxygens (including phenoxy) is 1. The first kappa shape index (κ1) is 17.1. The van der Waals surface area contributed by atoms with Gasteiger partial charge in [0, 0.05) is 42.5 Å². The summed E-state index contributed by atoms with van der Waals surface area (Å²) in [4.78, 5) is 8.10. The largest absolute Gasteiger partial charge is 0.379 e. The van der Waals surface area contributed by atoms with Crippen LogP contribution in [0.1, 0.15) is 21.7 Å². The molecule has 0 unspecified atom stereocenters. The van der Waals surface area contributed by atoms with Crippen LogP contribution < -0.4 is 0 Å². The summed E-state index contributed by atoms with van der Waals surface area (Å²) in [6.45, 7) is 10.7. The number of rotatable bonds is 8. The molecule has 0 amide bonds. The average Bonchev–Trinajstić information content (AvgIpc) is 3.21. The van der Waals surface area contributed by atoms with Gasteiger partial charge in [-0.1, -0.05) is 6.07 Å². The highest BCUT2D eigenvalue weighted by molar-refractivity contribution is 7.10. The topological polar surface area (TPSA) is 15.7 Å². The molecule has 1 aliphatic rings. The van der Waals surface area contributed by atoms with E-state index in [-0.39, 0.29) is 0 Å². The van der Waals surface area contributed by atoms with E-state index < -0.39 is 0 Å². The summed E-state index contributed by atoms with van der Waals surface area (Å²) in [5.74, 6) is 0. The minimum absolute atomic E-state index is 0.896. The maximum atomic E-state index is 5.43. The van der Waals surface area contributed by atoms with Crippen molar-refractivity contribution in [1.29, 1.82) is 0 Å². The fourth-order valence-corrected chi connectivity index (χ4v) is 4.64. The Morgan fingerprint density at radius 3 is 2.70 bits per heavy atom.